The third kappa shape index (κ3) is 2.41. The van der Waals surface area contributed by atoms with Crippen LogP contribution in [0.3, 0.4) is 0 Å². The number of anilines is 1. The first kappa shape index (κ1) is 16.2. The molecule has 0 atom stereocenters. The van der Waals surface area contributed by atoms with Crippen LogP contribution < -0.4 is 5.73 Å². The van der Waals surface area contributed by atoms with Gasteiger partial charge in [0, 0.05) is 5.56 Å². The third-order valence-electron chi connectivity index (χ3n) is 5.39. The second-order valence-corrected chi connectivity index (χ2v) is 6.81. The van der Waals surface area contributed by atoms with Gasteiger partial charge < -0.3 is 5.73 Å². The predicted octanol–water partition coefficient (Wildman–Crippen LogP) is 5.10. The van der Waals surface area contributed by atoms with Gasteiger partial charge in [-0.05, 0) is 53.1 Å². The summed E-state index contributed by atoms with van der Waals surface area (Å²) in [5, 5.41) is 21.8. The Bertz CT molecular complexity index is 1090. The molecule has 0 radical (unpaired) electrons. The molecule has 4 rings (SSSR count). The third-order valence-corrected chi connectivity index (χ3v) is 5.39. The minimum absolute atomic E-state index is 0.332. The van der Waals surface area contributed by atoms with E-state index in [1.165, 1.54) is 0 Å². The molecule has 0 amide bonds. The van der Waals surface area contributed by atoms with Crippen molar-refractivity contribution in [2.75, 3.05) is 5.73 Å². The molecule has 0 unspecified atom stereocenters. The first-order valence-electron chi connectivity index (χ1n) is 9.01. The largest absolute Gasteiger partial charge is 0.397 e. The lowest BCUT2D eigenvalue weighted by Gasteiger charge is -2.20. The number of fused-ring (bicyclic) bond motifs is 2. The van der Waals surface area contributed by atoms with E-state index in [4.69, 9.17) is 5.73 Å². The van der Waals surface area contributed by atoms with Crippen LogP contribution in [-0.4, -0.2) is 0 Å². The average Bonchev–Trinajstić information content (AvgIpc) is 2.92. The molecule has 0 aromatic heterocycles. The molecule has 26 heavy (non-hydrogen) atoms. The summed E-state index contributed by atoms with van der Waals surface area (Å²) in [4.78, 5) is 0. The van der Waals surface area contributed by atoms with Crippen molar-refractivity contribution in [3.05, 3.63) is 64.7 Å². The Morgan fingerprint density at radius 2 is 1.46 bits per heavy atom. The standard InChI is InChI=1S/C23H19N3/c24-13-20-17-10-2-1-3-11-19(17)22(21(14-25)23(20)26)18-12-6-8-15-7-4-5-9-16(15)18/h4-9,12H,1-3,10-11,26H2. The maximum Gasteiger partial charge on any atom is 0.102 e. The van der Waals surface area contributed by atoms with Crippen molar-refractivity contribution in [2.24, 2.45) is 0 Å². The Balaban J connectivity index is 2.16. The van der Waals surface area contributed by atoms with Crippen LogP contribution in [0.4, 0.5) is 5.69 Å². The molecular formula is C23H19N3. The average molecular weight is 337 g/mol. The zero-order valence-electron chi connectivity index (χ0n) is 14.5. The highest BCUT2D eigenvalue weighted by Gasteiger charge is 2.25. The van der Waals surface area contributed by atoms with Gasteiger partial charge in [-0.3, -0.25) is 0 Å². The SMILES string of the molecule is N#Cc1c(N)c(C#N)c(-c2cccc3ccccc23)c2c1CCCCC2. The van der Waals surface area contributed by atoms with E-state index in [2.05, 4.69) is 36.4 Å². The van der Waals surface area contributed by atoms with Crippen LogP contribution in [0, 0.1) is 22.7 Å². The van der Waals surface area contributed by atoms with E-state index in [0.29, 0.717) is 16.8 Å². The zero-order valence-corrected chi connectivity index (χ0v) is 14.5. The van der Waals surface area contributed by atoms with Gasteiger partial charge in [0.2, 0.25) is 0 Å². The van der Waals surface area contributed by atoms with E-state index >= 15 is 0 Å². The lowest BCUT2D eigenvalue weighted by Crippen LogP contribution is -2.07. The monoisotopic (exact) mass is 337 g/mol. The van der Waals surface area contributed by atoms with Gasteiger partial charge in [-0.15, -0.1) is 0 Å². The van der Waals surface area contributed by atoms with Gasteiger partial charge in [0.05, 0.1) is 16.8 Å². The Labute approximate surface area is 153 Å². The van der Waals surface area contributed by atoms with Gasteiger partial charge >= 0.3 is 0 Å². The maximum atomic E-state index is 9.89. The predicted molar refractivity (Wildman–Crippen MR) is 104 cm³/mol. The number of nitrogens with two attached hydrogens (primary N) is 1. The second-order valence-electron chi connectivity index (χ2n) is 6.81. The Morgan fingerprint density at radius 1 is 0.769 bits per heavy atom. The van der Waals surface area contributed by atoms with Gasteiger partial charge in [0.25, 0.3) is 0 Å². The quantitative estimate of drug-likeness (QED) is 0.496. The van der Waals surface area contributed by atoms with Crippen molar-refractivity contribution >= 4 is 16.5 Å². The van der Waals surface area contributed by atoms with Crippen molar-refractivity contribution in [3.63, 3.8) is 0 Å². The number of rotatable bonds is 1. The molecule has 2 N–H and O–H groups in total. The van der Waals surface area contributed by atoms with Crippen molar-refractivity contribution in [2.45, 2.75) is 32.1 Å². The molecule has 0 heterocycles. The van der Waals surface area contributed by atoms with Crippen molar-refractivity contribution < 1.29 is 0 Å². The number of nitrogen functional groups attached to an aromatic ring is 1. The van der Waals surface area contributed by atoms with Crippen molar-refractivity contribution in [3.8, 4) is 23.3 Å². The highest BCUT2D eigenvalue weighted by atomic mass is 14.6. The maximum absolute atomic E-state index is 9.89. The van der Waals surface area contributed by atoms with Crippen LogP contribution in [0.25, 0.3) is 21.9 Å². The first-order valence-corrected chi connectivity index (χ1v) is 9.01. The van der Waals surface area contributed by atoms with Gasteiger partial charge in [0.1, 0.15) is 12.1 Å². The van der Waals surface area contributed by atoms with Crippen molar-refractivity contribution in [1.29, 1.82) is 10.5 Å². The van der Waals surface area contributed by atoms with E-state index in [-0.39, 0.29) is 0 Å². The number of nitrogens with zero attached hydrogens (tertiary/aromatic N) is 2. The summed E-state index contributed by atoms with van der Waals surface area (Å²) in [6.07, 6.45) is 5.01. The molecule has 0 saturated carbocycles. The summed E-state index contributed by atoms with van der Waals surface area (Å²) in [5.41, 5.74) is 11.7. The Kier molecular flexibility index (Phi) is 4.07. The molecule has 3 nitrogen and oxygen atoms in total. The molecule has 0 fully saturated rings. The summed E-state index contributed by atoms with van der Waals surface area (Å²) in [5.74, 6) is 0. The number of hydrogen-bond donors (Lipinski definition) is 1. The van der Waals surface area contributed by atoms with E-state index in [9.17, 15) is 10.5 Å². The second kappa shape index (κ2) is 6.54. The molecule has 126 valence electrons. The number of hydrogen-bond acceptors (Lipinski definition) is 3. The highest BCUT2D eigenvalue weighted by Crippen LogP contribution is 2.41. The van der Waals surface area contributed by atoms with Crippen LogP contribution in [0.2, 0.25) is 0 Å². The van der Waals surface area contributed by atoms with E-state index < -0.39 is 0 Å². The molecule has 0 bridgehead atoms. The number of benzene rings is 3. The fourth-order valence-corrected chi connectivity index (χ4v) is 4.19. The van der Waals surface area contributed by atoms with Crippen LogP contribution in [0.15, 0.2) is 42.5 Å². The number of nitriles is 2. The lowest BCUT2D eigenvalue weighted by molar-refractivity contribution is 0.711. The minimum Gasteiger partial charge on any atom is -0.397 e. The molecular weight excluding hydrogens is 318 g/mol. The molecule has 0 saturated heterocycles. The van der Waals surface area contributed by atoms with Crippen LogP contribution in [0.5, 0.6) is 0 Å². The van der Waals surface area contributed by atoms with Crippen LogP contribution >= 0.6 is 0 Å². The molecule has 1 aliphatic carbocycles. The Morgan fingerprint density at radius 3 is 2.23 bits per heavy atom. The normalized spacial score (nSPS) is 13.5. The topological polar surface area (TPSA) is 73.6 Å². The lowest BCUT2D eigenvalue weighted by atomic mass is 9.83. The summed E-state index contributed by atoms with van der Waals surface area (Å²) in [6, 6.07) is 18.9. The molecule has 0 spiro atoms. The molecule has 1 aliphatic rings. The van der Waals surface area contributed by atoms with E-state index in [1.807, 2.05) is 18.2 Å². The fourth-order valence-electron chi connectivity index (χ4n) is 4.19. The van der Waals surface area contributed by atoms with E-state index in [1.54, 1.807) is 0 Å². The summed E-state index contributed by atoms with van der Waals surface area (Å²) in [7, 11) is 0. The summed E-state index contributed by atoms with van der Waals surface area (Å²) < 4.78 is 0. The highest BCUT2D eigenvalue weighted by molar-refractivity contribution is 6.00. The molecule has 3 aromatic rings. The minimum atomic E-state index is 0.332. The molecule has 3 heteroatoms. The summed E-state index contributed by atoms with van der Waals surface area (Å²) in [6.45, 7) is 0. The van der Waals surface area contributed by atoms with Crippen molar-refractivity contribution in [1.82, 2.24) is 0 Å². The molecule has 3 aromatic carbocycles. The zero-order chi connectivity index (χ0) is 18.1. The first-order chi connectivity index (χ1) is 12.8. The molecule has 0 aliphatic heterocycles. The Hall–Kier alpha value is -3.30. The van der Waals surface area contributed by atoms with Gasteiger partial charge in [-0.1, -0.05) is 48.9 Å². The van der Waals surface area contributed by atoms with E-state index in [0.717, 1.165) is 65.1 Å². The summed E-state index contributed by atoms with van der Waals surface area (Å²) >= 11 is 0. The fraction of sp³-hybridized carbons (Fsp3) is 0.217. The van der Waals surface area contributed by atoms with Crippen LogP contribution in [0.1, 0.15) is 41.5 Å². The van der Waals surface area contributed by atoms with Gasteiger partial charge in [-0.25, -0.2) is 0 Å². The van der Waals surface area contributed by atoms with Crippen LogP contribution in [-0.2, 0) is 12.8 Å². The smallest absolute Gasteiger partial charge is 0.102 e. The van der Waals surface area contributed by atoms with Gasteiger partial charge in [-0.2, -0.15) is 10.5 Å². The van der Waals surface area contributed by atoms with Gasteiger partial charge in [0.15, 0.2) is 0 Å².